The Morgan fingerprint density at radius 2 is 1.89 bits per heavy atom. The Morgan fingerprint density at radius 1 is 1.18 bits per heavy atom. The van der Waals surface area contributed by atoms with Crippen LogP contribution >= 0.6 is 11.6 Å². The highest BCUT2D eigenvalue weighted by atomic mass is 35.5. The van der Waals surface area contributed by atoms with Crippen LogP contribution < -0.4 is 10.5 Å². The number of rotatable bonds is 7. The van der Waals surface area contributed by atoms with Crippen LogP contribution in [0.1, 0.15) is 30.2 Å². The molecule has 0 aliphatic carbocycles. The Labute approximate surface area is 170 Å². The van der Waals surface area contributed by atoms with Crippen molar-refractivity contribution in [2.24, 2.45) is 5.14 Å². The van der Waals surface area contributed by atoms with Gasteiger partial charge in [-0.05, 0) is 43.2 Å². The number of aryl methyl sites for hydroxylation is 1. The van der Waals surface area contributed by atoms with Crippen molar-refractivity contribution in [3.63, 3.8) is 0 Å². The van der Waals surface area contributed by atoms with E-state index in [4.69, 9.17) is 16.7 Å². The van der Waals surface area contributed by atoms with Crippen molar-refractivity contribution < 1.29 is 8.42 Å². The van der Waals surface area contributed by atoms with Gasteiger partial charge in [-0.15, -0.1) is 0 Å². The van der Waals surface area contributed by atoms with Gasteiger partial charge in [0, 0.05) is 6.54 Å². The van der Waals surface area contributed by atoms with Gasteiger partial charge in [-0.2, -0.15) is 5.10 Å². The maximum Gasteiger partial charge on any atom is 0.239 e. The van der Waals surface area contributed by atoms with Crippen molar-refractivity contribution in [3.05, 3.63) is 70.5 Å². The number of primary sulfonamides is 1. The van der Waals surface area contributed by atoms with E-state index in [2.05, 4.69) is 48.5 Å². The highest BCUT2D eigenvalue weighted by molar-refractivity contribution is 7.89. The third-order valence-corrected chi connectivity index (χ3v) is 5.81. The summed E-state index contributed by atoms with van der Waals surface area (Å²) in [6.07, 6.45) is 3.67. The van der Waals surface area contributed by atoms with Crippen molar-refractivity contribution in [1.82, 2.24) is 9.78 Å². The number of nitrogens with two attached hydrogens (primary N) is 1. The lowest BCUT2D eigenvalue weighted by Gasteiger charge is -2.11. The molecule has 0 amide bonds. The molecule has 0 atom stereocenters. The summed E-state index contributed by atoms with van der Waals surface area (Å²) in [5, 5.41) is 13.2. The predicted molar refractivity (Wildman–Crippen MR) is 112 cm³/mol. The van der Waals surface area contributed by atoms with Gasteiger partial charge in [-0.1, -0.05) is 48.7 Å². The number of hydrogen-bond acceptors (Lipinski definition) is 4. The van der Waals surface area contributed by atoms with Gasteiger partial charge in [0.15, 0.2) is 0 Å². The van der Waals surface area contributed by atoms with E-state index < -0.39 is 10.0 Å². The first kappa shape index (κ1) is 20.4. The second-order valence-corrected chi connectivity index (χ2v) is 8.60. The third-order valence-electron chi connectivity index (χ3n) is 4.42. The second kappa shape index (κ2) is 8.34. The molecule has 0 saturated heterocycles. The van der Waals surface area contributed by atoms with Gasteiger partial charge in [0.25, 0.3) is 0 Å². The smallest absolute Gasteiger partial charge is 0.239 e. The van der Waals surface area contributed by atoms with E-state index in [0.717, 1.165) is 35.5 Å². The van der Waals surface area contributed by atoms with E-state index in [0.29, 0.717) is 6.54 Å². The van der Waals surface area contributed by atoms with Crippen molar-refractivity contribution >= 4 is 27.3 Å². The summed E-state index contributed by atoms with van der Waals surface area (Å²) in [5.74, 6) is 0. The zero-order valence-electron chi connectivity index (χ0n) is 15.8. The Bertz CT molecular complexity index is 1080. The Balaban J connectivity index is 1.83. The predicted octanol–water partition coefficient (Wildman–Crippen LogP) is 4.05. The minimum atomic E-state index is -3.83. The zero-order chi connectivity index (χ0) is 20.3. The van der Waals surface area contributed by atoms with Gasteiger partial charge < -0.3 is 5.32 Å². The first-order valence-corrected chi connectivity index (χ1v) is 10.9. The topological polar surface area (TPSA) is 90.0 Å². The number of hydrogen-bond donors (Lipinski definition) is 2. The lowest BCUT2D eigenvalue weighted by molar-refractivity contribution is 0.598. The minimum absolute atomic E-state index is 0.0724. The van der Waals surface area contributed by atoms with E-state index in [1.165, 1.54) is 11.6 Å². The molecule has 8 heteroatoms. The molecule has 0 radical (unpaired) electrons. The van der Waals surface area contributed by atoms with E-state index in [1.54, 1.807) is 12.1 Å². The Hall–Kier alpha value is -2.35. The molecule has 0 spiro atoms. The standard InChI is InChI=1S/C20H23ClN4O2S/c1-3-4-19-18(13-24-25(19)16-8-5-14(2)6-9-16)23-12-15-7-10-20(17(21)11-15)28(22,26)27/h5-11,13,23H,3-4,12H2,1-2H3,(H2,22,26,27). The Kier molecular flexibility index (Phi) is 6.07. The summed E-state index contributed by atoms with van der Waals surface area (Å²) >= 11 is 6.07. The molecule has 3 rings (SSSR count). The maximum atomic E-state index is 11.5. The van der Waals surface area contributed by atoms with Crippen LogP contribution in [-0.2, 0) is 23.0 Å². The SMILES string of the molecule is CCCc1c(NCc2ccc(S(N)(=O)=O)c(Cl)c2)cnn1-c1ccc(C)cc1. The summed E-state index contributed by atoms with van der Waals surface area (Å²) < 4.78 is 24.9. The molecule has 3 N–H and O–H groups in total. The van der Waals surface area contributed by atoms with E-state index in [-0.39, 0.29) is 9.92 Å². The van der Waals surface area contributed by atoms with E-state index in [9.17, 15) is 8.42 Å². The largest absolute Gasteiger partial charge is 0.378 e. The minimum Gasteiger partial charge on any atom is -0.378 e. The molecule has 0 saturated carbocycles. The van der Waals surface area contributed by atoms with Gasteiger partial charge in [0.1, 0.15) is 4.90 Å². The molecule has 1 heterocycles. The van der Waals surface area contributed by atoms with Gasteiger partial charge in [-0.3, -0.25) is 0 Å². The average molecular weight is 419 g/mol. The first-order chi connectivity index (χ1) is 13.3. The van der Waals surface area contributed by atoms with Crippen molar-refractivity contribution in [1.29, 1.82) is 0 Å². The monoisotopic (exact) mass is 418 g/mol. The summed E-state index contributed by atoms with van der Waals surface area (Å²) in [5.41, 5.74) is 5.10. The number of nitrogens with one attached hydrogen (secondary N) is 1. The summed E-state index contributed by atoms with van der Waals surface area (Å²) in [7, 11) is -3.83. The molecule has 28 heavy (non-hydrogen) atoms. The van der Waals surface area contributed by atoms with E-state index >= 15 is 0 Å². The van der Waals surface area contributed by atoms with Crippen LogP contribution in [0, 0.1) is 6.92 Å². The quantitative estimate of drug-likeness (QED) is 0.605. The lowest BCUT2D eigenvalue weighted by Crippen LogP contribution is -2.13. The lowest BCUT2D eigenvalue weighted by atomic mass is 10.2. The molecule has 1 aromatic heterocycles. The number of nitrogens with zero attached hydrogens (tertiary/aromatic N) is 2. The van der Waals surface area contributed by atoms with E-state index in [1.807, 2.05) is 10.9 Å². The fourth-order valence-corrected chi connectivity index (χ4v) is 4.10. The molecule has 2 aromatic carbocycles. The van der Waals surface area contributed by atoms with Crippen LogP contribution in [0.25, 0.3) is 5.69 Å². The fraction of sp³-hybridized carbons (Fsp3) is 0.250. The van der Waals surface area contributed by atoms with Crippen LogP contribution in [0.15, 0.2) is 53.6 Å². The highest BCUT2D eigenvalue weighted by Gasteiger charge is 2.14. The van der Waals surface area contributed by atoms with Crippen molar-refractivity contribution in [2.75, 3.05) is 5.32 Å². The highest BCUT2D eigenvalue weighted by Crippen LogP contribution is 2.24. The van der Waals surface area contributed by atoms with Crippen LogP contribution in [0.3, 0.4) is 0 Å². The second-order valence-electron chi connectivity index (χ2n) is 6.67. The summed E-state index contributed by atoms with van der Waals surface area (Å²) in [4.78, 5) is -0.0724. The van der Waals surface area contributed by atoms with Crippen LogP contribution in [-0.4, -0.2) is 18.2 Å². The third kappa shape index (κ3) is 4.55. The molecule has 0 bridgehead atoms. The molecule has 148 valence electrons. The number of aromatic nitrogens is 2. The van der Waals surface area contributed by atoms with Crippen molar-refractivity contribution in [2.45, 2.75) is 38.1 Å². The number of halogens is 1. The van der Waals surface area contributed by atoms with Gasteiger partial charge in [-0.25, -0.2) is 18.2 Å². The Morgan fingerprint density at radius 3 is 2.50 bits per heavy atom. The molecule has 6 nitrogen and oxygen atoms in total. The number of anilines is 1. The number of sulfonamides is 1. The summed E-state index contributed by atoms with van der Waals surface area (Å²) in [6.45, 7) is 4.67. The first-order valence-electron chi connectivity index (χ1n) is 8.98. The van der Waals surface area contributed by atoms with Crippen LogP contribution in [0.5, 0.6) is 0 Å². The van der Waals surface area contributed by atoms with Crippen LogP contribution in [0.4, 0.5) is 5.69 Å². The van der Waals surface area contributed by atoms with Crippen molar-refractivity contribution in [3.8, 4) is 5.69 Å². The van der Waals surface area contributed by atoms with Gasteiger partial charge >= 0.3 is 0 Å². The van der Waals surface area contributed by atoms with Gasteiger partial charge in [0.2, 0.25) is 10.0 Å². The number of benzene rings is 2. The van der Waals surface area contributed by atoms with Gasteiger partial charge in [0.05, 0.1) is 28.3 Å². The molecular weight excluding hydrogens is 396 g/mol. The molecule has 3 aromatic rings. The molecule has 0 aliphatic heterocycles. The normalized spacial score (nSPS) is 11.6. The average Bonchev–Trinajstić information content (AvgIpc) is 3.03. The summed E-state index contributed by atoms with van der Waals surface area (Å²) in [6, 6.07) is 13.0. The zero-order valence-corrected chi connectivity index (χ0v) is 17.4. The van der Waals surface area contributed by atoms with Crippen LogP contribution in [0.2, 0.25) is 5.02 Å². The molecule has 0 aliphatic rings. The maximum absolute atomic E-state index is 11.5. The molecule has 0 unspecified atom stereocenters. The fourth-order valence-electron chi connectivity index (χ4n) is 2.99. The molecule has 0 fully saturated rings. The molecular formula is C20H23ClN4O2S.